The third-order valence-corrected chi connectivity index (χ3v) is 4.03. The van der Waals surface area contributed by atoms with Crippen LogP contribution in [-0.4, -0.2) is 34.2 Å². The standard InChI is InChI=1S/C11H17N3O/c1-7-12-11(15-13-7)9-5-3-8-4-6-10(9)14(8)2/h8-10H,3-6H2,1-2H3/t8-,9-,10-/m1/s1. The van der Waals surface area contributed by atoms with E-state index in [0.717, 1.165) is 17.8 Å². The Morgan fingerprint density at radius 1 is 1.27 bits per heavy atom. The fourth-order valence-corrected chi connectivity index (χ4v) is 3.19. The van der Waals surface area contributed by atoms with Crippen molar-refractivity contribution in [2.45, 2.75) is 50.6 Å². The fourth-order valence-electron chi connectivity index (χ4n) is 3.19. The molecule has 0 aliphatic carbocycles. The van der Waals surface area contributed by atoms with E-state index in [0.29, 0.717) is 12.0 Å². The molecule has 4 nitrogen and oxygen atoms in total. The Balaban J connectivity index is 1.87. The van der Waals surface area contributed by atoms with E-state index in [4.69, 9.17) is 4.52 Å². The van der Waals surface area contributed by atoms with Gasteiger partial charge >= 0.3 is 0 Å². The highest BCUT2D eigenvalue weighted by Crippen LogP contribution is 2.42. The SMILES string of the molecule is Cc1noc([C@@H]2CC[C@@H]3CC[C@H]2N3C)n1. The van der Waals surface area contributed by atoms with Crippen LogP contribution in [0.4, 0.5) is 0 Å². The molecule has 3 heterocycles. The van der Waals surface area contributed by atoms with Gasteiger partial charge in [-0.05, 0) is 39.7 Å². The van der Waals surface area contributed by atoms with Crippen LogP contribution < -0.4 is 0 Å². The molecule has 2 fully saturated rings. The van der Waals surface area contributed by atoms with Gasteiger partial charge in [0.1, 0.15) is 0 Å². The largest absolute Gasteiger partial charge is 0.339 e. The van der Waals surface area contributed by atoms with Crippen LogP contribution in [0.1, 0.15) is 43.3 Å². The minimum Gasteiger partial charge on any atom is -0.339 e. The van der Waals surface area contributed by atoms with E-state index in [1.807, 2.05) is 6.92 Å². The molecule has 1 aromatic heterocycles. The van der Waals surface area contributed by atoms with E-state index in [1.54, 1.807) is 0 Å². The van der Waals surface area contributed by atoms with Crippen LogP contribution in [-0.2, 0) is 0 Å². The highest BCUT2D eigenvalue weighted by atomic mass is 16.5. The molecule has 2 aliphatic rings. The Bertz CT molecular complexity index is 362. The summed E-state index contributed by atoms with van der Waals surface area (Å²) in [5.41, 5.74) is 0. The monoisotopic (exact) mass is 207 g/mol. The highest BCUT2D eigenvalue weighted by molar-refractivity contribution is 5.06. The van der Waals surface area contributed by atoms with Crippen LogP contribution in [0, 0.1) is 6.92 Å². The quantitative estimate of drug-likeness (QED) is 0.703. The van der Waals surface area contributed by atoms with E-state index in [2.05, 4.69) is 22.1 Å². The Morgan fingerprint density at radius 3 is 2.80 bits per heavy atom. The summed E-state index contributed by atoms with van der Waals surface area (Å²) in [7, 11) is 2.23. The van der Waals surface area contributed by atoms with Crippen LogP contribution in [0.15, 0.2) is 4.52 Å². The number of piperidine rings is 1. The van der Waals surface area contributed by atoms with Gasteiger partial charge in [-0.1, -0.05) is 5.16 Å². The van der Waals surface area contributed by atoms with Gasteiger partial charge in [0.2, 0.25) is 5.89 Å². The second kappa shape index (κ2) is 3.30. The topological polar surface area (TPSA) is 42.2 Å². The predicted molar refractivity (Wildman–Crippen MR) is 55.6 cm³/mol. The Kier molecular flexibility index (Phi) is 2.06. The Labute approximate surface area is 89.6 Å². The first-order chi connectivity index (χ1) is 7.25. The molecule has 0 N–H and O–H groups in total. The van der Waals surface area contributed by atoms with Gasteiger partial charge in [-0.2, -0.15) is 4.98 Å². The lowest BCUT2D eigenvalue weighted by Crippen LogP contribution is -2.40. The van der Waals surface area contributed by atoms with E-state index >= 15 is 0 Å². The number of rotatable bonds is 1. The van der Waals surface area contributed by atoms with Gasteiger partial charge in [0.05, 0.1) is 5.92 Å². The van der Waals surface area contributed by atoms with E-state index in [-0.39, 0.29) is 0 Å². The minimum atomic E-state index is 0.468. The molecule has 4 heteroatoms. The molecule has 2 saturated heterocycles. The molecule has 15 heavy (non-hydrogen) atoms. The van der Waals surface area contributed by atoms with E-state index in [9.17, 15) is 0 Å². The van der Waals surface area contributed by atoms with Gasteiger partial charge in [0.25, 0.3) is 0 Å². The third-order valence-electron chi connectivity index (χ3n) is 4.03. The van der Waals surface area contributed by atoms with E-state index in [1.165, 1.54) is 25.7 Å². The number of nitrogens with zero attached hydrogens (tertiary/aromatic N) is 3. The maximum absolute atomic E-state index is 5.31. The van der Waals surface area contributed by atoms with Gasteiger partial charge in [0, 0.05) is 12.1 Å². The van der Waals surface area contributed by atoms with Gasteiger partial charge < -0.3 is 4.52 Å². The number of aryl methyl sites for hydroxylation is 1. The zero-order valence-corrected chi connectivity index (χ0v) is 9.31. The van der Waals surface area contributed by atoms with Gasteiger partial charge in [-0.25, -0.2) is 0 Å². The van der Waals surface area contributed by atoms with Crippen molar-refractivity contribution in [3.8, 4) is 0 Å². The fraction of sp³-hybridized carbons (Fsp3) is 0.818. The van der Waals surface area contributed by atoms with Crippen LogP contribution in [0.2, 0.25) is 0 Å². The molecule has 0 unspecified atom stereocenters. The maximum Gasteiger partial charge on any atom is 0.231 e. The zero-order chi connectivity index (χ0) is 10.4. The first kappa shape index (κ1) is 9.33. The highest BCUT2D eigenvalue weighted by Gasteiger charge is 2.42. The number of fused-ring (bicyclic) bond motifs is 2. The molecule has 1 aromatic rings. The first-order valence-corrected chi connectivity index (χ1v) is 5.78. The lowest BCUT2D eigenvalue weighted by atomic mass is 9.90. The Morgan fingerprint density at radius 2 is 2.07 bits per heavy atom. The molecule has 0 saturated carbocycles. The van der Waals surface area contributed by atoms with Crippen LogP contribution in [0.3, 0.4) is 0 Å². The van der Waals surface area contributed by atoms with Crippen molar-refractivity contribution in [1.29, 1.82) is 0 Å². The summed E-state index contributed by atoms with van der Waals surface area (Å²) >= 11 is 0. The molecule has 0 aromatic carbocycles. The normalized spacial score (nSPS) is 36.0. The molecule has 2 bridgehead atoms. The molecule has 82 valence electrons. The lowest BCUT2D eigenvalue weighted by molar-refractivity contribution is 0.138. The molecule has 0 amide bonds. The first-order valence-electron chi connectivity index (χ1n) is 5.78. The molecule has 3 atom stereocenters. The number of aromatic nitrogens is 2. The van der Waals surface area contributed by atoms with Gasteiger partial charge in [-0.3, -0.25) is 4.90 Å². The lowest BCUT2D eigenvalue weighted by Gasteiger charge is -2.35. The van der Waals surface area contributed by atoms with Crippen molar-refractivity contribution in [2.24, 2.45) is 0 Å². The summed E-state index contributed by atoms with van der Waals surface area (Å²) in [5, 5.41) is 3.89. The average Bonchev–Trinajstić information content (AvgIpc) is 2.72. The number of likely N-dealkylation sites (N-methyl/N-ethyl adjacent to an activating group) is 1. The minimum absolute atomic E-state index is 0.468. The van der Waals surface area contributed by atoms with Crippen molar-refractivity contribution < 1.29 is 4.52 Å². The summed E-state index contributed by atoms with van der Waals surface area (Å²) in [6.45, 7) is 1.89. The van der Waals surface area contributed by atoms with Crippen molar-refractivity contribution in [1.82, 2.24) is 15.0 Å². The summed E-state index contributed by atoms with van der Waals surface area (Å²) in [5.74, 6) is 2.08. The maximum atomic E-state index is 5.31. The molecule has 0 radical (unpaired) electrons. The van der Waals surface area contributed by atoms with Crippen molar-refractivity contribution in [3.63, 3.8) is 0 Å². The van der Waals surface area contributed by atoms with Crippen LogP contribution in [0.25, 0.3) is 0 Å². The summed E-state index contributed by atoms with van der Waals surface area (Å²) in [4.78, 5) is 6.89. The van der Waals surface area contributed by atoms with Gasteiger partial charge in [0.15, 0.2) is 5.82 Å². The van der Waals surface area contributed by atoms with E-state index < -0.39 is 0 Å². The zero-order valence-electron chi connectivity index (χ0n) is 9.31. The molecule has 0 spiro atoms. The summed E-state index contributed by atoms with van der Waals surface area (Å²) < 4.78 is 5.31. The Hall–Kier alpha value is -0.900. The predicted octanol–water partition coefficient (Wildman–Crippen LogP) is 1.72. The van der Waals surface area contributed by atoms with Crippen molar-refractivity contribution in [2.75, 3.05) is 7.05 Å². The molecular weight excluding hydrogens is 190 g/mol. The second-order valence-corrected chi connectivity index (χ2v) is 4.83. The number of hydrogen-bond acceptors (Lipinski definition) is 4. The summed E-state index contributed by atoms with van der Waals surface area (Å²) in [6, 6.07) is 1.43. The third kappa shape index (κ3) is 1.39. The van der Waals surface area contributed by atoms with Gasteiger partial charge in [-0.15, -0.1) is 0 Å². The van der Waals surface area contributed by atoms with Crippen molar-refractivity contribution in [3.05, 3.63) is 11.7 Å². The second-order valence-electron chi connectivity index (χ2n) is 4.83. The smallest absolute Gasteiger partial charge is 0.231 e. The van der Waals surface area contributed by atoms with Crippen LogP contribution >= 0.6 is 0 Å². The molecule has 3 rings (SSSR count). The molecule has 2 aliphatic heterocycles. The molecular formula is C11H17N3O. The average molecular weight is 207 g/mol. The number of hydrogen-bond donors (Lipinski definition) is 0. The van der Waals surface area contributed by atoms with Crippen LogP contribution in [0.5, 0.6) is 0 Å². The van der Waals surface area contributed by atoms with Crippen molar-refractivity contribution >= 4 is 0 Å². The summed E-state index contributed by atoms with van der Waals surface area (Å²) in [6.07, 6.45) is 5.11.